The van der Waals surface area contributed by atoms with Gasteiger partial charge in [0.2, 0.25) is 17.6 Å². The van der Waals surface area contributed by atoms with Crippen LogP contribution >= 0.6 is 23.2 Å². The van der Waals surface area contributed by atoms with Gasteiger partial charge in [-0.2, -0.15) is 0 Å². The molecule has 2 heterocycles. The monoisotopic (exact) mass is 644 g/mol. The molecule has 4 amide bonds. The number of likely N-dealkylation sites (tertiary alicyclic amines) is 1. The van der Waals surface area contributed by atoms with Crippen molar-refractivity contribution in [2.24, 2.45) is 17.8 Å². The smallest absolute Gasteiger partial charge is 0.258 e. The van der Waals surface area contributed by atoms with E-state index in [0.717, 1.165) is 4.90 Å². The summed E-state index contributed by atoms with van der Waals surface area (Å²) >= 11 is 14.0. The van der Waals surface area contributed by atoms with E-state index in [4.69, 9.17) is 27.9 Å². The highest BCUT2D eigenvalue weighted by Gasteiger charge is 2.77. The number of allylic oxidation sites excluding steroid dienone is 2. The minimum absolute atomic E-state index is 0.0103. The van der Waals surface area contributed by atoms with Gasteiger partial charge in [-0.1, -0.05) is 17.7 Å². The van der Waals surface area contributed by atoms with E-state index >= 15 is 8.78 Å². The Bertz CT molecular complexity index is 1690. The van der Waals surface area contributed by atoms with Crippen LogP contribution in [-0.4, -0.2) is 57.5 Å². The number of phenolic OH excluding ortho intramolecular Hbond substituents is 1. The second kappa shape index (κ2) is 9.39. The molecule has 2 aromatic rings. The van der Waals surface area contributed by atoms with E-state index in [9.17, 15) is 37.5 Å². The number of nitrogens with zero attached hydrogens (tertiary/aromatic N) is 2. The molecule has 6 atom stereocenters. The Labute approximate surface area is 249 Å². The van der Waals surface area contributed by atoms with E-state index < -0.39 is 104 Å². The molecule has 6 rings (SSSR count). The fourth-order valence-electron chi connectivity index (χ4n) is 7.04. The highest BCUT2D eigenvalue weighted by atomic mass is 35.5. The van der Waals surface area contributed by atoms with Crippen molar-refractivity contribution in [2.75, 3.05) is 19.1 Å². The third-order valence-corrected chi connectivity index (χ3v) is 10.4. The third-order valence-electron chi connectivity index (χ3n) is 8.99. The van der Waals surface area contributed by atoms with Crippen LogP contribution < -0.4 is 9.64 Å². The normalized spacial score (nSPS) is 31.7. The van der Waals surface area contributed by atoms with Gasteiger partial charge in [-0.15, -0.1) is 23.2 Å². The Hall–Kier alpha value is -3.71. The summed E-state index contributed by atoms with van der Waals surface area (Å²) in [6.45, 7) is 0. The zero-order valence-corrected chi connectivity index (χ0v) is 23.6. The number of benzene rings is 2. The quantitative estimate of drug-likeness (QED) is 0.134. The van der Waals surface area contributed by atoms with E-state index in [0.29, 0.717) is 0 Å². The third kappa shape index (κ3) is 3.43. The first-order valence-electron chi connectivity index (χ1n) is 12.8. The molecule has 3 fully saturated rings. The van der Waals surface area contributed by atoms with E-state index in [1.165, 1.54) is 38.4 Å². The number of halogens is 7. The molecular formula is C28H19Cl2F5N2O6. The topological polar surface area (TPSA) is 104 Å². The van der Waals surface area contributed by atoms with Crippen molar-refractivity contribution >= 4 is 52.5 Å². The van der Waals surface area contributed by atoms with E-state index in [1.807, 2.05) is 0 Å². The number of carbonyl (C=O) groups excluding carboxylic acids is 4. The molecule has 226 valence electrons. The zero-order valence-electron chi connectivity index (χ0n) is 22.1. The van der Waals surface area contributed by atoms with Crippen molar-refractivity contribution in [3.63, 3.8) is 0 Å². The molecule has 0 aromatic heterocycles. The maximum atomic E-state index is 15.0. The molecule has 2 saturated heterocycles. The summed E-state index contributed by atoms with van der Waals surface area (Å²) in [7, 11) is 2.49. The van der Waals surface area contributed by atoms with Crippen LogP contribution in [0.3, 0.4) is 0 Å². The Morgan fingerprint density at radius 1 is 0.907 bits per heavy atom. The zero-order chi connectivity index (χ0) is 31.5. The highest BCUT2D eigenvalue weighted by molar-refractivity contribution is 6.58. The number of methoxy groups -OCH3 is 1. The van der Waals surface area contributed by atoms with Gasteiger partial charge in [-0.25, -0.2) is 26.9 Å². The second-order valence-corrected chi connectivity index (χ2v) is 12.1. The molecule has 6 unspecified atom stereocenters. The lowest BCUT2D eigenvalue weighted by molar-refractivity contribution is -0.138. The Balaban J connectivity index is 1.65. The predicted octanol–water partition coefficient (Wildman–Crippen LogP) is 4.29. The van der Waals surface area contributed by atoms with Gasteiger partial charge in [0.05, 0.1) is 18.9 Å². The summed E-state index contributed by atoms with van der Waals surface area (Å²) in [5.74, 6) is -22.0. The first-order valence-corrected chi connectivity index (χ1v) is 13.6. The number of carbonyl (C=O) groups is 4. The summed E-state index contributed by atoms with van der Waals surface area (Å²) < 4.78 is 77.9. The van der Waals surface area contributed by atoms with E-state index in [1.54, 1.807) is 0 Å². The van der Waals surface area contributed by atoms with Crippen LogP contribution in [0.1, 0.15) is 24.3 Å². The van der Waals surface area contributed by atoms with E-state index in [2.05, 4.69) is 0 Å². The van der Waals surface area contributed by atoms with Gasteiger partial charge in [0.1, 0.15) is 17.2 Å². The molecule has 4 aliphatic rings. The fourth-order valence-corrected chi connectivity index (χ4v) is 7.96. The average Bonchev–Trinajstić information content (AvgIpc) is 3.29. The highest BCUT2D eigenvalue weighted by Crippen LogP contribution is 2.67. The lowest BCUT2D eigenvalue weighted by Gasteiger charge is -2.50. The Kier molecular flexibility index (Phi) is 6.41. The van der Waals surface area contributed by atoms with Crippen LogP contribution in [-0.2, 0) is 19.2 Å². The maximum absolute atomic E-state index is 15.0. The first kappa shape index (κ1) is 29.4. The second-order valence-electron chi connectivity index (χ2n) is 10.8. The fraction of sp³-hybridized carbons (Fsp3) is 0.357. The number of alkyl halides is 2. The number of phenols is 1. The molecule has 0 bridgehead atoms. The standard InChI is InChI=1S/C28H19Cl2F5N2O6/c1-36-23(39)10-7-6-9-11(14(10)24(36)40)8-27(29)25(41)37(22-20(34)18(32)17(31)19(33)21(22)35)26(42)28(27,30)16(9)15-12(38)4-3-5-13(15)43-2/h3-6,10-11,14,16,38H,7-8H2,1-2H3. The molecular weight excluding hydrogens is 626 g/mol. The van der Waals surface area contributed by atoms with Crippen molar-refractivity contribution < 1.29 is 51.0 Å². The molecule has 2 aliphatic carbocycles. The van der Waals surface area contributed by atoms with Crippen molar-refractivity contribution in [1.82, 2.24) is 4.90 Å². The number of hydrogen-bond donors (Lipinski definition) is 1. The van der Waals surface area contributed by atoms with Crippen LogP contribution in [0.25, 0.3) is 0 Å². The summed E-state index contributed by atoms with van der Waals surface area (Å²) in [5, 5.41) is 11.0. The molecule has 1 N–H and O–H groups in total. The molecule has 0 spiro atoms. The number of hydrogen-bond acceptors (Lipinski definition) is 6. The van der Waals surface area contributed by atoms with Gasteiger partial charge in [0.15, 0.2) is 33.0 Å². The average molecular weight is 645 g/mol. The van der Waals surface area contributed by atoms with Crippen LogP contribution in [0.2, 0.25) is 0 Å². The van der Waals surface area contributed by atoms with Gasteiger partial charge in [-0.05, 0) is 30.9 Å². The number of anilines is 1. The summed E-state index contributed by atoms with van der Waals surface area (Å²) in [6.07, 6.45) is 0.872. The van der Waals surface area contributed by atoms with Crippen molar-refractivity contribution in [1.29, 1.82) is 0 Å². The van der Waals surface area contributed by atoms with Crippen molar-refractivity contribution in [3.8, 4) is 11.5 Å². The summed E-state index contributed by atoms with van der Waals surface area (Å²) in [6, 6.07) is 3.96. The molecule has 15 heteroatoms. The summed E-state index contributed by atoms with van der Waals surface area (Å²) in [4.78, 5) is 49.6. The van der Waals surface area contributed by atoms with Gasteiger partial charge >= 0.3 is 0 Å². The van der Waals surface area contributed by atoms with Crippen molar-refractivity contribution in [3.05, 3.63) is 64.5 Å². The molecule has 43 heavy (non-hydrogen) atoms. The number of imide groups is 2. The molecule has 2 aromatic carbocycles. The van der Waals surface area contributed by atoms with Crippen LogP contribution in [0.5, 0.6) is 11.5 Å². The number of fused-ring (bicyclic) bond motifs is 4. The predicted molar refractivity (Wildman–Crippen MR) is 139 cm³/mol. The van der Waals surface area contributed by atoms with Gasteiger partial charge in [0.25, 0.3) is 11.8 Å². The van der Waals surface area contributed by atoms with Gasteiger partial charge in [0, 0.05) is 18.5 Å². The lowest BCUT2D eigenvalue weighted by Crippen LogP contribution is -2.60. The number of rotatable bonds is 3. The van der Waals surface area contributed by atoms with Crippen LogP contribution in [0.4, 0.5) is 27.6 Å². The van der Waals surface area contributed by atoms with Gasteiger partial charge < -0.3 is 9.84 Å². The van der Waals surface area contributed by atoms with Crippen LogP contribution in [0, 0.1) is 46.8 Å². The largest absolute Gasteiger partial charge is 0.508 e. The Morgan fingerprint density at radius 2 is 1.51 bits per heavy atom. The number of aromatic hydroxyl groups is 1. The molecule has 8 nitrogen and oxygen atoms in total. The van der Waals surface area contributed by atoms with Crippen molar-refractivity contribution in [2.45, 2.75) is 28.5 Å². The Morgan fingerprint density at radius 3 is 2.12 bits per heavy atom. The maximum Gasteiger partial charge on any atom is 0.258 e. The lowest BCUT2D eigenvalue weighted by atomic mass is 9.56. The van der Waals surface area contributed by atoms with Gasteiger partial charge in [-0.3, -0.25) is 24.1 Å². The summed E-state index contributed by atoms with van der Waals surface area (Å²) in [5.41, 5.74) is -1.88. The number of amides is 4. The molecule has 1 saturated carbocycles. The number of ether oxygens (including phenoxy) is 1. The van der Waals surface area contributed by atoms with E-state index in [-0.39, 0.29) is 28.2 Å². The van der Waals surface area contributed by atoms with Crippen LogP contribution in [0.15, 0.2) is 29.8 Å². The minimum atomic E-state index is -2.76. The SMILES string of the molecule is COc1cccc(O)c1C1C2=CCC3C(=O)N(C)C(=O)C3C2CC2(Cl)C(=O)N(c3c(F)c(F)c(F)c(F)c3F)C(=O)C12Cl. The molecule has 0 radical (unpaired) electrons. The minimum Gasteiger partial charge on any atom is -0.508 e. The molecule has 2 aliphatic heterocycles. The first-order chi connectivity index (χ1) is 20.1.